The molecule has 3 heterocycles. The highest BCUT2D eigenvalue weighted by Crippen LogP contribution is 2.51. The number of fused-ring (bicyclic) bond motifs is 2. The number of thioether (sulfide) groups is 1. The maximum atomic E-state index is 12.2. The van der Waals surface area contributed by atoms with Gasteiger partial charge in [0.2, 0.25) is 5.91 Å². The maximum Gasteiger partial charge on any atom is 0.353 e. The number of carbonyl (C=O) groups is 2. The normalized spacial score (nSPS) is 23.3. The van der Waals surface area contributed by atoms with Crippen molar-refractivity contribution >= 4 is 34.5 Å². The molecule has 1 fully saturated rings. The van der Waals surface area contributed by atoms with Crippen LogP contribution in [0.1, 0.15) is 19.0 Å². The van der Waals surface area contributed by atoms with Crippen molar-refractivity contribution in [3.8, 4) is 0 Å². The number of aliphatic hydroxyl groups excluding tert-OH is 1. The van der Waals surface area contributed by atoms with E-state index >= 15 is 0 Å². The van der Waals surface area contributed by atoms with Gasteiger partial charge in [0, 0.05) is 16.0 Å². The van der Waals surface area contributed by atoms with Crippen molar-refractivity contribution in [2.45, 2.75) is 31.2 Å². The summed E-state index contributed by atoms with van der Waals surface area (Å²) >= 11 is 1.36. The highest BCUT2D eigenvalue weighted by molar-refractivity contribution is 8.04. The van der Waals surface area contributed by atoms with Gasteiger partial charge >= 0.3 is 5.97 Å². The number of hydrogen-bond donors (Lipinski definition) is 3. The van der Waals surface area contributed by atoms with Crippen LogP contribution in [-0.4, -0.2) is 43.1 Å². The molecule has 2 aliphatic rings. The quantitative estimate of drug-likeness (QED) is 0.541. The molecule has 3 atom stereocenters. The third-order valence-electron chi connectivity index (χ3n) is 5.01. The second-order valence-electron chi connectivity index (χ2n) is 6.62. The van der Waals surface area contributed by atoms with Crippen molar-refractivity contribution in [2.75, 3.05) is 5.84 Å². The van der Waals surface area contributed by atoms with Gasteiger partial charge in [-0.3, -0.25) is 14.4 Å². The van der Waals surface area contributed by atoms with E-state index in [9.17, 15) is 19.8 Å². The lowest BCUT2D eigenvalue weighted by Crippen LogP contribution is -2.60. The van der Waals surface area contributed by atoms with E-state index in [1.54, 1.807) is 11.6 Å². The summed E-state index contributed by atoms with van der Waals surface area (Å²) in [6.07, 6.45) is 0.252. The van der Waals surface area contributed by atoms with E-state index in [0.717, 1.165) is 16.6 Å². The fraction of sp³-hybridized carbons (Fsp3) is 0.333. The predicted octanol–water partition coefficient (Wildman–Crippen LogP) is 1.50. The summed E-state index contributed by atoms with van der Waals surface area (Å²) in [5, 5.41) is 20.0. The lowest BCUT2D eigenvalue weighted by molar-refractivity contribution is -0.156. The summed E-state index contributed by atoms with van der Waals surface area (Å²) < 4.78 is 1.62. The zero-order chi connectivity index (χ0) is 18.6. The molecule has 136 valence electrons. The Labute approximate surface area is 154 Å². The van der Waals surface area contributed by atoms with E-state index < -0.39 is 18.0 Å². The third kappa shape index (κ3) is 2.40. The SMILES string of the molecule is C[C@@H](O)[C@H]1C(=O)N2C(C(=O)O)=C(CCc3cc4ccccc4n3N)S[C@H]12. The van der Waals surface area contributed by atoms with Crippen molar-refractivity contribution < 1.29 is 19.8 Å². The molecule has 0 radical (unpaired) electrons. The molecule has 1 amide bonds. The zero-order valence-electron chi connectivity index (χ0n) is 14.1. The smallest absolute Gasteiger partial charge is 0.353 e. The number of nitrogens with zero attached hydrogens (tertiary/aromatic N) is 2. The minimum Gasteiger partial charge on any atom is -0.477 e. The Morgan fingerprint density at radius 3 is 2.73 bits per heavy atom. The number of aromatic nitrogens is 1. The molecule has 0 spiro atoms. The first kappa shape index (κ1) is 17.0. The number of rotatable bonds is 5. The van der Waals surface area contributed by atoms with E-state index in [0.29, 0.717) is 17.7 Å². The van der Waals surface area contributed by atoms with Crippen LogP contribution in [0.4, 0.5) is 0 Å². The van der Waals surface area contributed by atoms with Crippen LogP contribution in [0.25, 0.3) is 10.9 Å². The van der Waals surface area contributed by atoms with Crippen molar-refractivity contribution in [3.63, 3.8) is 0 Å². The molecule has 7 nitrogen and oxygen atoms in total. The number of aliphatic carboxylic acids is 1. The number of carboxylic acids is 1. The molecule has 1 aromatic carbocycles. The lowest BCUT2D eigenvalue weighted by atomic mass is 9.92. The van der Waals surface area contributed by atoms with Gasteiger partial charge in [0.25, 0.3) is 0 Å². The topological polar surface area (TPSA) is 109 Å². The van der Waals surface area contributed by atoms with Crippen LogP contribution in [0.5, 0.6) is 0 Å². The standard InChI is InChI=1S/C18H19N3O4S/c1-9(22)14-16(23)20-15(18(24)25)13(26-17(14)20)7-6-11-8-10-4-2-3-5-12(10)21(11)19/h2-5,8-9,14,17,22H,6-7,19H2,1H3,(H,24,25)/t9-,14+,17-/m1/s1. The van der Waals surface area contributed by atoms with Crippen LogP contribution < -0.4 is 5.84 Å². The number of hydrogen-bond acceptors (Lipinski definition) is 5. The van der Waals surface area contributed by atoms with Crippen molar-refractivity contribution in [1.82, 2.24) is 9.58 Å². The average Bonchev–Trinajstić information content (AvgIpc) is 3.08. The van der Waals surface area contributed by atoms with Crippen LogP contribution >= 0.6 is 11.8 Å². The number of nitrogens with two attached hydrogens (primary N) is 1. The Morgan fingerprint density at radius 1 is 1.35 bits per heavy atom. The predicted molar refractivity (Wildman–Crippen MR) is 98.5 cm³/mol. The van der Waals surface area contributed by atoms with E-state index in [4.69, 9.17) is 5.84 Å². The molecule has 4 rings (SSSR count). The zero-order valence-corrected chi connectivity index (χ0v) is 14.9. The molecule has 8 heteroatoms. The minimum atomic E-state index is -1.11. The Balaban J connectivity index is 1.58. The van der Waals surface area contributed by atoms with Gasteiger partial charge in [-0.25, -0.2) is 4.79 Å². The van der Waals surface area contributed by atoms with Gasteiger partial charge in [-0.05, 0) is 31.9 Å². The van der Waals surface area contributed by atoms with Crippen LogP contribution in [0.2, 0.25) is 0 Å². The van der Waals surface area contributed by atoms with Crippen LogP contribution in [0, 0.1) is 5.92 Å². The Bertz CT molecular complexity index is 949. The van der Waals surface area contributed by atoms with Gasteiger partial charge in [-0.2, -0.15) is 0 Å². The highest BCUT2D eigenvalue weighted by Gasteiger charge is 2.57. The molecule has 1 saturated heterocycles. The molecule has 0 bridgehead atoms. The maximum absolute atomic E-state index is 12.2. The number of β-lactam (4-membered cyclic amide) rings is 1. The molecular formula is C18H19N3O4S. The molecule has 0 unspecified atom stereocenters. The van der Waals surface area contributed by atoms with Gasteiger partial charge < -0.3 is 16.1 Å². The fourth-order valence-electron chi connectivity index (χ4n) is 3.70. The van der Waals surface area contributed by atoms with Crippen LogP contribution in [0.15, 0.2) is 40.9 Å². The van der Waals surface area contributed by atoms with E-state index in [-0.39, 0.29) is 17.0 Å². The van der Waals surface area contributed by atoms with Crippen molar-refractivity contribution in [1.29, 1.82) is 0 Å². The number of para-hydroxylation sites is 1. The van der Waals surface area contributed by atoms with E-state index in [2.05, 4.69) is 0 Å². The number of amides is 1. The lowest BCUT2D eigenvalue weighted by Gasteiger charge is -2.43. The number of nitrogen functional groups attached to an aromatic ring is 1. The number of aryl methyl sites for hydroxylation is 1. The Morgan fingerprint density at radius 2 is 2.08 bits per heavy atom. The molecule has 4 N–H and O–H groups in total. The summed E-state index contributed by atoms with van der Waals surface area (Å²) in [4.78, 5) is 25.9. The number of allylic oxidation sites excluding steroid dienone is 1. The van der Waals surface area contributed by atoms with Crippen LogP contribution in [-0.2, 0) is 16.0 Å². The molecule has 1 aromatic heterocycles. The summed E-state index contributed by atoms with van der Waals surface area (Å²) in [5.41, 5.74) is 1.86. The molecular weight excluding hydrogens is 354 g/mol. The molecule has 2 aliphatic heterocycles. The first-order valence-electron chi connectivity index (χ1n) is 8.39. The van der Waals surface area contributed by atoms with Crippen molar-refractivity contribution in [3.05, 3.63) is 46.6 Å². The second kappa shape index (κ2) is 6.07. The fourth-order valence-corrected chi connectivity index (χ4v) is 5.31. The number of carbonyl (C=O) groups excluding carboxylic acids is 1. The second-order valence-corrected chi connectivity index (χ2v) is 7.84. The van der Waals surface area contributed by atoms with Gasteiger partial charge in [0.15, 0.2) is 0 Å². The third-order valence-corrected chi connectivity index (χ3v) is 6.44. The van der Waals surface area contributed by atoms with Gasteiger partial charge in [0.05, 0.1) is 17.5 Å². The Kier molecular flexibility index (Phi) is 3.96. The highest BCUT2D eigenvalue weighted by atomic mass is 32.2. The minimum absolute atomic E-state index is 0.0431. The average molecular weight is 373 g/mol. The first-order chi connectivity index (χ1) is 12.4. The monoisotopic (exact) mass is 373 g/mol. The summed E-state index contributed by atoms with van der Waals surface area (Å²) in [6, 6.07) is 9.76. The molecule has 2 aromatic rings. The summed E-state index contributed by atoms with van der Waals surface area (Å²) in [7, 11) is 0. The van der Waals surface area contributed by atoms with Crippen LogP contribution in [0.3, 0.4) is 0 Å². The van der Waals surface area contributed by atoms with E-state index in [1.165, 1.54) is 16.7 Å². The molecule has 26 heavy (non-hydrogen) atoms. The largest absolute Gasteiger partial charge is 0.477 e. The van der Waals surface area contributed by atoms with Gasteiger partial charge in [0.1, 0.15) is 11.1 Å². The number of carboxylic acid groups (broad SMARTS) is 1. The summed E-state index contributed by atoms with van der Waals surface area (Å²) in [5.74, 6) is 4.17. The number of benzene rings is 1. The van der Waals surface area contributed by atoms with Gasteiger partial charge in [-0.15, -0.1) is 11.8 Å². The number of aliphatic hydroxyl groups is 1. The molecule has 0 saturated carbocycles. The van der Waals surface area contributed by atoms with E-state index in [1.807, 2.05) is 30.3 Å². The first-order valence-corrected chi connectivity index (χ1v) is 9.26. The van der Waals surface area contributed by atoms with Crippen molar-refractivity contribution in [2.24, 2.45) is 5.92 Å². The summed E-state index contributed by atoms with van der Waals surface area (Å²) in [6.45, 7) is 1.56. The van der Waals surface area contributed by atoms with Gasteiger partial charge in [-0.1, -0.05) is 18.2 Å². The Hall–Kier alpha value is -2.45. The molecule has 0 aliphatic carbocycles.